The monoisotopic (exact) mass is 160 g/mol. The second-order valence-corrected chi connectivity index (χ2v) is 6.49. The summed E-state index contributed by atoms with van der Waals surface area (Å²) in [5.74, 6) is 7.23. The fraction of sp³-hybridized carbons (Fsp3) is 1.00. The minimum atomic E-state index is 0.975. The first-order valence-electron chi connectivity index (χ1n) is 5.75. The molecule has 0 radical (unpaired) electrons. The molecular weight excluding hydrogens is 144 g/mol. The van der Waals surface area contributed by atoms with E-state index in [2.05, 4.69) is 13.8 Å². The van der Waals surface area contributed by atoms with Gasteiger partial charge in [-0.1, -0.05) is 13.8 Å². The molecule has 6 fully saturated rings. The summed E-state index contributed by atoms with van der Waals surface area (Å²) < 4.78 is 0. The van der Waals surface area contributed by atoms with Crippen molar-refractivity contribution in [3.63, 3.8) is 0 Å². The normalized spacial score (nSPS) is 90.5. The highest BCUT2D eigenvalue weighted by atomic mass is 15.1. The van der Waals surface area contributed by atoms with Gasteiger partial charge in [0.15, 0.2) is 0 Å². The van der Waals surface area contributed by atoms with Crippen molar-refractivity contribution in [3.8, 4) is 0 Å². The van der Waals surface area contributed by atoms with Gasteiger partial charge in [0.05, 0.1) is 0 Å². The molecule has 0 N–H and O–H groups in total. The molecule has 6 aliphatic rings. The maximum atomic E-state index is 2.55. The summed E-state index contributed by atoms with van der Waals surface area (Å²) in [5, 5.41) is 0. The van der Waals surface area contributed by atoms with Crippen molar-refractivity contribution in [1.82, 2.24) is 0 Å². The molecule has 12 heavy (non-hydrogen) atoms. The van der Waals surface area contributed by atoms with E-state index in [1.165, 1.54) is 23.7 Å². The summed E-state index contributed by atoms with van der Waals surface area (Å²) in [6.45, 7) is 5.06. The van der Waals surface area contributed by atoms with Crippen LogP contribution in [0.15, 0.2) is 0 Å². The first-order valence-corrected chi connectivity index (χ1v) is 5.75. The minimum Gasteiger partial charge on any atom is -0.0622 e. The Hall–Kier alpha value is 0. The lowest BCUT2D eigenvalue weighted by atomic mass is 9.41. The highest BCUT2D eigenvalue weighted by Gasteiger charge is 3.01. The Balaban J connectivity index is 1.79. The number of hydrogen-bond donors (Lipinski definition) is 0. The maximum Gasteiger partial charge on any atom is -0.0165 e. The zero-order valence-electron chi connectivity index (χ0n) is 7.88. The first kappa shape index (κ1) is 5.67. The molecular formula is C12H16. The van der Waals surface area contributed by atoms with Crippen molar-refractivity contribution < 1.29 is 0 Å². The van der Waals surface area contributed by atoms with Gasteiger partial charge >= 0.3 is 0 Å². The molecule has 0 heterocycles. The highest BCUT2D eigenvalue weighted by Crippen LogP contribution is 3.05. The minimum absolute atomic E-state index is 0.975. The van der Waals surface area contributed by atoms with Crippen molar-refractivity contribution in [2.75, 3.05) is 0 Å². The molecule has 0 aromatic rings. The Morgan fingerprint density at radius 3 is 2.50 bits per heavy atom. The summed E-state index contributed by atoms with van der Waals surface area (Å²) in [7, 11) is 0. The fourth-order valence-electron chi connectivity index (χ4n) is 7.13. The molecule has 6 aliphatic carbocycles. The van der Waals surface area contributed by atoms with E-state index in [-0.39, 0.29) is 0 Å². The van der Waals surface area contributed by atoms with E-state index in [4.69, 9.17) is 0 Å². The molecule has 6 rings (SSSR count). The summed E-state index contributed by atoms with van der Waals surface area (Å²) >= 11 is 0. The average Bonchev–Trinajstić information content (AvgIpc) is 2.80. The van der Waals surface area contributed by atoms with Gasteiger partial charge in [-0.2, -0.15) is 0 Å². The second-order valence-electron chi connectivity index (χ2n) is 6.49. The topological polar surface area (TPSA) is 0 Å². The van der Waals surface area contributed by atoms with E-state index < -0.39 is 0 Å². The molecule has 0 aromatic heterocycles. The van der Waals surface area contributed by atoms with Crippen molar-refractivity contribution in [2.45, 2.75) is 26.7 Å². The van der Waals surface area contributed by atoms with Crippen LogP contribution >= 0.6 is 0 Å². The van der Waals surface area contributed by atoms with Crippen molar-refractivity contribution >= 4 is 0 Å². The van der Waals surface area contributed by atoms with Crippen LogP contribution in [0.1, 0.15) is 26.7 Å². The molecule has 0 saturated heterocycles. The molecule has 8 atom stereocenters. The SMILES string of the molecule is CC1CC23C4CC4C4(C(C)C24)C13. The molecule has 0 aromatic carbocycles. The standard InChI is InChI=1S/C12H16/c1-5-4-11-7-3-8(7)12(9(5)11)6(2)10(11)12/h5-10H,3-4H2,1-2H3. The van der Waals surface area contributed by atoms with E-state index in [9.17, 15) is 0 Å². The Kier molecular flexibility index (Phi) is 0.508. The van der Waals surface area contributed by atoms with Gasteiger partial charge in [-0.3, -0.25) is 0 Å². The van der Waals surface area contributed by atoms with E-state index in [0.717, 1.165) is 22.7 Å². The maximum absolute atomic E-state index is 2.55. The van der Waals surface area contributed by atoms with Crippen molar-refractivity contribution in [1.29, 1.82) is 0 Å². The molecule has 64 valence electrons. The quantitative estimate of drug-likeness (QED) is 0.511. The Bertz CT molecular complexity index is 314. The predicted octanol–water partition coefficient (Wildman–Crippen LogP) is 2.54. The van der Waals surface area contributed by atoms with Crippen LogP contribution in [0.4, 0.5) is 0 Å². The van der Waals surface area contributed by atoms with Gasteiger partial charge in [-0.15, -0.1) is 0 Å². The van der Waals surface area contributed by atoms with Gasteiger partial charge in [0.1, 0.15) is 0 Å². The first-order chi connectivity index (χ1) is 5.75. The van der Waals surface area contributed by atoms with E-state index in [1.54, 1.807) is 12.8 Å². The summed E-state index contributed by atoms with van der Waals surface area (Å²) in [5.41, 5.74) is 1.95. The second kappa shape index (κ2) is 1.07. The average molecular weight is 160 g/mol. The molecule has 0 amide bonds. The van der Waals surface area contributed by atoms with Gasteiger partial charge in [0, 0.05) is 0 Å². The zero-order chi connectivity index (χ0) is 7.88. The van der Waals surface area contributed by atoms with E-state index in [0.29, 0.717) is 0 Å². The smallest absolute Gasteiger partial charge is 0.0165 e. The molecule has 0 aliphatic heterocycles. The largest absolute Gasteiger partial charge is 0.0622 e. The molecule has 0 nitrogen and oxygen atoms in total. The Labute approximate surface area is 73.7 Å². The molecule has 2 bridgehead atoms. The van der Waals surface area contributed by atoms with Gasteiger partial charge in [-0.05, 0) is 59.2 Å². The summed E-state index contributed by atoms with van der Waals surface area (Å²) in [6.07, 6.45) is 3.26. The van der Waals surface area contributed by atoms with Crippen molar-refractivity contribution in [2.24, 2.45) is 46.3 Å². The number of hydrogen-bond acceptors (Lipinski definition) is 0. The van der Waals surface area contributed by atoms with Crippen LogP contribution in [0, 0.1) is 46.3 Å². The molecule has 6 saturated carbocycles. The van der Waals surface area contributed by atoms with Gasteiger partial charge in [0.25, 0.3) is 0 Å². The molecule has 8 unspecified atom stereocenters. The van der Waals surface area contributed by atoms with Crippen LogP contribution < -0.4 is 0 Å². The lowest BCUT2D eigenvalue weighted by Crippen LogP contribution is -2.58. The van der Waals surface area contributed by atoms with Gasteiger partial charge in [0.2, 0.25) is 0 Å². The third-order valence-corrected chi connectivity index (χ3v) is 6.78. The fourth-order valence-corrected chi connectivity index (χ4v) is 7.13. The molecule has 2 spiro atoms. The van der Waals surface area contributed by atoms with Crippen LogP contribution in [0.2, 0.25) is 0 Å². The summed E-state index contributed by atoms with van der Waals surface area (Å²) in [6, 6.07) is 0. The summed E-state index contributed by atoms with van der Waals surface area (Å²) in [4.78, 5) is 0. The van der Waals surface area contributed by atoms with Crippen LogP contribution in [0.3, 0.4) is 0 Å². The van der Waals surface area contributed by atoms with Crippen LogP contribution in [-0.4, -0.2) is 0 Å². The van der Waals surface area contributed by atoms with E-state index in [1.807, 2.05) is 0 Å². The predicted molar refractivity (Wildman–Crippen MR) is 46.4 cm³/mol. The lowest BCUT2D eigenvalue weighted by Gasteiger charge is -2.63. The lowest BCUT2D eigenvalue weighted by molar-refractivity contribution is -0.161. The highest BCUT2D eigenvalue weighted by molar-refractivity contribution is 5.48. The van der Waals surface area contributed by atoms with Crippen LogP contribution in [0.5, 0.6) is 0 Å². The van der Waals surface area contributed by atoms with Crippen molar-refractivity contribution in [3.05, 3.63) is 0 Å². The van der Waals surface area contributed by atoms with Gasteiger partial charge < -0.3 is 0 Å². The van der Waals surface area contributed by atoms with E-state index >= 15 is 0 Å². The third-order valence-electron chi connectivity index (χ3n) is 6.78. The van der Waals surface area contributed by atoms with Crippen LogP contribution in [0.25, 0.3) is 0 Å². The van der Waals surface area contributed by atoms with Crippen LogP contribution in [-0.2, 0) is 0 Å². The Morgan fingerprint density at radius 2 is 1.92 bits per heavy atom. The third kappa shape index (κ3) is 0.233. The number of rotatable bonds is 0. The Morgan fingerprint density at radius 1 is 1.08 bits per heavy atom. The molecule has 0 heteroatoms. The zero-order valence-corrected chi connectivity index (χ0v) is 7.88. The van der Waals surface area contributed by atoms with Gasteiger partial charge in [-0.25, -0.2) is 0 Å².